The molecule has 1 aromatic rings. The molecule has 0 aliphatic rings. The molecule has 0 heterocycles. The fourth-order valence-electron chi connectivity index (χ4n) is 1.05. The Labute approximate surface area is 99.0 Å². The molecule has 5 nitrogen and oxygen atoms in total. The molecule has 0 saturated heterocycles. The van der Waals surface area contributed by atoms with Gasteiger partial charge in [0.25, 0.3) is 0 Å². The quantitative estimate of drug-likeness (QED) is 0.795. The van der Waals surface area contributed by atoms with Crippen LogP contribution in [0.3, 0.4) is 0 Å². The summed E-state index contributed by atoms with van der Waals surface area (Å²) < 4.78 is 4.87. The smallest absolute Gasteiger partial charge is 0.409 e. The number of ether oxygens (including phenoxy) is 1. The number of hydrogen-bond donors (Lipinski definition) is 1. The number of benzene rings is 1. The minimum atomic E-state index is -1.55. The average Bonchev–Trinajstić information content (AvgIpc) is 2.37. The second-order valence-electron chi connectivity index (χ2n) is 3.62. The van der Waals surface area contributed by atoms with Gasteiger partial charge in [-0.3, -0.25) is 10.1 Å². The van der Waals surface area contributed by atoms with Gasteiger partial charge in [0.2, 0.25) is 0 Å². The van der Waals surface area contributed by atoms with Gasteiger partial charge in [-0.1, -0.05) is 30.3 Å². The van der Waals surface area contributed by atoms with Crippen molar-refractivity contribution in [2.24, 2.45) is 0 Å². The maximum atomic E-state index is 11.3. The van der Waals surface area contributed by atoms with Gasteiger partial charge in [-0.2, -0.15) is 5.26 Å². The van der Waals surface area contributed by atoms with Crippen LogP contribution in [0.15, 0.2) is 30.3 Å². The molecule has 1 aromatic carbocycles. The van der Waals surface area contributed by atoms with E-state index in [0.29, 0.717) is 6.29 Å². The standard InChI is InChI=1S/C12H12N2O3/c1-12(8-13,9-15)14-11(16)17-7-10-5-3-2-4-6-10/h2-6,9H,7H2,1H3,(H,14,16)/t12-/m1/s1. The van der Waals surface area contributed by atoms with E-state index in [1.54, 1.807) is 18.2 Å². The average molecular weight is 232 g/mol. The largest absolute Gasteiger partial charge is 0.445 e. The molecule has 0 saturated carbocycles. The lowest BCUT2D eigenvalue weighted by atomic mass is 10.1. The van der Waals surface area contributed by atoms with Crippen LogP contribution in [0.5, 0.6) is 0 Å². The van der Waals surface area contributed by atoms with Crippen molar-refractivity contribution in [2.75, 3.05) is 0 Å². The van der Waals surface area contributed by atoms with Crippen molar-refractivity contribution in [3.63, 3.8) is 0 Å². The van der Waals surface area contributed by atoms with E-state index in [1.165, 1.54) is 6.92 Å². The molecule has 1 atom stereocenters. The highest BCUT2D eigenvalue weighted by molar-refractivity contribution is 5.78. The van der Waals surface area contributed by atoms with E-state index < -0.39 is 11.6 Å². The van der Waals surface area contributed by atoms with Gasteiger partial charge in [0.05, 0.1) is 6.07 Å². The molecule has 1 N–H and O–H groups in total. The molecular formula is C12H12N2O3. The van der Waals surface area contributed by atoms with E-state index in [9.17, 15) is 9.59 Å². The van der Waals surface area contributed by atoms with E-state index in [2.05, 4.69) is 5.32 Å². The highest BCUT2D eigenvalue weighted by Crippen LogP contribution is 2.02. The third-order valence-electron chi connectivity index (χ3n) is 2.04. The van der Waals surface area contributed by atoms with Gasteiger partial charge in [0.15, 0.2) is 11.8 Å². The van der Waals surface area contributed by atoms with Crippen molar-refractivity contribution in [3.05, 3.63) is 35.9 Å². The van der Waals surface area contributed by atoms with Gasteiger partial charge < -0.3 is 4.74 Å². The van der Waals surface area contributed by atoms with Gasteiger partial charge in [0.1, 0.15) is 6.61 Å². The third-order valence-corrected chi connectivity index (χ3v) is 2.04. The molecule has 17 heavy (non-hydrogen) atoms. The lowest BCUT2D eigenvalue weighted by molar-refractivity contribution is -0.111. The van der Waals surface area contributed by atoms with Crippen molar-refractivity contribution >= 4 is 12.4 Å². The number of nitriles is 1. The van der Waals surface area contributed by atoms with Crippen LogP contribution in [0.2, 0.25) is 0 Å². The first kappa shape index (κ1) is 12.7. The fourth-order valence-corrected chi connectivity index (χ4v) is 1.05. The first-order valence-electron chi connectivity index (χ1n) is 4.96. The number of alkyl carbamates (subject to hydrolysis) is 1. The minimum absolute atomic E-state index is 0.0903. The molecule has 0 bridgehead atoms. The molecule has 88 valence electrons. The third kappa shape index (κ3) is 3.95. The van der Waals surface area contributed by atoms with E-state index >= 15 is 0 Å². The Morgan fingerprint density at radius 2 is 2.18 bits per heavy atom. The maximum absolute atomic E-state index is 11.3. The minimum Gasteiger partial charge on any atom is -0.445 e. The number of nitrogens with zero attached hydrogens (tertiary/aromatic N) is 1. The van der Waals surface area contributed by atoms with E-state index in [4.69, 9.17) is 10.00 Å². The van der Waals surface area contributed by atoms with Crippen molar-refractivity contribution in [2.45, 2.75) is 19.1 Å². The molecule has 0 radical (unpaired) electrons. The van der Waals surface area contributed by atoms with Gasteiger partial charge in [-0.25, -0.2) is 4.79 Å². The second-order valence-corrected chi connectivity index (χ2v) is 3.62. The van der Waals surface area contributed by atoms with Crippen LogP contribution in [0.4, 0.5) is 4.79 Å². The van der Waals surface area contributed by atoms with Crippen LogP contribution in [0, 0.1) is 11.3 Å². The van der Waals surface area contributed by atoms with Crippen LogP contribution in [-0.2, 0) is 16.1 Å². The lowest BCUT2D eigenvalue weighted by Gasteiger charge is -2.15. The van der Waals surface area contributed by atoms with Crippen molar-refractivity contribution in [1.82, 2.24) is 5.32 Å². The summed E-state index contributed by atoms with van der Waals surface area (Å²) in [6.07, 6.45) is -0.443. The number of rotatable bonds is 4. The topological polar surface area (TPSA) is 79.2 Å². The van der Waals surface area contributed by atoms with Crippen LogP contribution in [-0.4, -0.2) is 17.9 Å². The number of aldehydes is 1. The molecule has 0 aliphatic heterocycles. The first-order valence-corrected chi connectivity index (χ1v) is 4.96. The van der Waals surface area contributed by atoms with Crippen molar-refractivity contribution < 1.29 is 14.3 Å². The number of nitrogens with one attached hydrogen (secondary N) is 1. The molecule has 0 unspecified atom stereocenters. The summed E-state index contributed by atoms with van der Waals surface area (Å²) in [5.74, 6) is 0. The summed E-state index contributed by atoms with van der Waals surface area (Å²) >= 11 is 0. The maximum Gasteiger partial charge on any atom is 0.409 e. The zero-order valence-electron chi connectivity index (χ0n) is 9.34. The van der Waals surface area contributed by atoms with Gasteiger partial charge in [-0.15, -0.1) is 0 Å². The lowest BCUT2D eigenvalue weighted by Crippen LogP contribution is -2.46. The highest BCUT2D eigenvalue weighted by Gasteiger charge is 2.25. The highest BCUT2D eigenvalue weighted by atomic mass is 16.5. The molecule has 5 heteroatoms. The number of amides is 1. The predicted octanol–water partition coefficient (Wildman–Crippen LogP) is 1.39. The number of carbonyl (C=O) groups is 2. The molecule has 1 amide bonds. The summed E-state index contributed by atoms with van der Waals surface area (Å²) in [5.41, 5.74) is -0.722. The summed E-state index contributed by atoms with van der Waals surface area (Å²) in [4.78, 5) is 21.9. The van der Waals surface area contributed by atoms with Crippen LogP contribution in [0.1, 0.15) is 12.5 Å². The predicted molar refractivity (Wildman–Crippen MR) is 59.8 cm³/mol. The molecule has 0 aromatic heterocycles. The molecule has 0 spiro atoms. The van der Waals surface area contributed by atoms with Gasteiger partial charge >= 0.3 is 6.09 Å². The Balaban J connectivity index is 2.47. The van der Waals surface area contributed by atoms with Gasteiger partial charge in [-0.05, 0) is 12.5 Å². The van der Waals surface area contributed by atoms with Crippen molar-refractivity contribution in [1.29, 1.82) is 5.26 Å². The Morgan fingerprint density at radius 3 is 2.71 bits per heavy atom. The summed E-state index contributed by atoms with van der Waals surface area (Å²) in [6.45, 7) is 1.39. The zero-order valence-corrected chi connectivity index (χ0v) is 9.34. The van der Waals surface area contributed by atoms with Crippen molar-refractivity contribution in [3.8, 4) is 6.07 Å². The first-order chi connectivity index (χ1) is 8.09. The number of carbonyl (C=O) groups excluding carboxylic acids is 2. The monoisotopic (exact) mass is 232 g/mol. The Kier molecular flexibility index (Phi) is 4.23. The van der Waals surface area contributed by atoms with Crippen LogP contribution >= 0.6 is 0 Å². The Bertz CT molecular complexity index is 439. The molecule has 0 fully saturated rings. The van der Waals surface area contributed by atoms with Gasteiger partial charge in [0, 0.05) is 0 Å². The number of hydrogen-bond acceptors (Lipinski definition) is 4. The second kappa shape index (κ2) is 5.66. The van der Waals surface area contributed by atoms with Crippen LogP contribution < -0.4 is 5.32 Å². The fraction of sp³-hybridized carbons (Fsp3) is 0.250. The Hall–Kier alpha value is -2.35. The Morgan fingerprint density at radius 1 is 1.53 bits per heavy atom. The summed E-state index contributed by atoms with van der Waals surface area (Å²) in [7, 11) is 0. The normalized spacial score (nSPS) is 12.9. The summed E-state index contributed by atoms with van der Waals surface area (Å²) in [5, 5.41) is 10.8. The van der Waals surface area contributed by atoms with Crippen LogP contribution in [0.25, 0.3) is 0 Å². The van der Waals surface area contributed by atoms with E-state index in [1.807, 2.05) is 18.2 Å². The zero-order chi connectivity index (χ0) is 12.7. The summed E-state index contributed by atoms with van der Waals surface area (Å²) in [6, 6.07) is 10.8. The molecular weight excluding hydrogens is 220 g/mol. The van der Waals surface area contributed by atoms with E-state index in [-0.39, 0.29) is 6.61 Å². The molecule has 0 aliphatic carbocycles. The molecule has 1 rings (SSSR count). The SMILES string of the molecule is C[C@@](C#N)(C=O)NC(=O)OCc1ccccc1. The van der Waals surface area contributed by atoms with E-state index in [0.717, 1.165) is 5.56 Å².